The number of aliphatic carboxylic acids is 1. The third-order valence-electron chi connectivity index (χ3n) is 4.94. The summed E-state index contributed by atoms with van der Waals surface area (Å²) in [5.74, 6) is 0.532. The maximum absolute atomic E-state index is 11.3. The van der Waals surface area contributed by atoms with Crippen molar-refractivity contribution in [1.82, 2.24) is 9.88 Å². The number of pyridine rings is 1. The van der Waals surface area contributed by atoms with Crippen LogP contribution in [0.25, 0.3) is 0 Å². The number of ether oxygens (including phenoxy) is 2. The van der Waals surface area contributed by atoms with Gasteiger partial charge in [-0.3, -0.25) is 14.7 Å². The lowest BCUT2D eigenvalue weighted by molar-refractivity contribution is -0.143. The molecule has 1 aromatic carbocycles. The van der Waals surface area contributed by atoms with Crippen LogP contribution in [-0.4, -0.2) is 48.3 Å². The zero-order valence-corrected chi connectivity index (χ0v) is 15.1. The Morgan fingerprint density at radius 3 is 2.54 bits per heavy atom. The Hall–Kier alpha value is -2.60. The molecule has 1 unspecified atom stereocenters. The van der Waals surface area contributed by atoms with E-state index in [9.17, 15) is 9.90 Å². The van der Waals surface area contributed by atoms with Crippen molar-refractivity contribution in [1.29, 1.82) is 0 Å². The highest BCUT2D eigenvalue weighted by molar-refractivity contribution is 5.70. The molecule has 1 saturated heterocycles. The zero-order valence-electron chi connectivity index (χ0n) is 15.1. The fourth-order valence-corrected chi connectivity index (χ4v) is 3.54. The molecule has 1 N–H and O–H groups in total. The first-order valence-corrected chi connectivity index (χ1v) is 8.73. The van der Waals surface area contributed by atoms with Gasteiger partial charge in [-0.25, -0.2) is 0 Å². The Labute approximate surface area is 153 Å². The van der Waals surface area contributed by atoms with E-state index in [0.717, 1.165) is 22.8 Å². The Morgan fingerprint density at radius 1 is 1.19 bits per heavy atom. The van der Waals surface area contributed by atoms with Gasteiger partial charge in [-0.2, -0.15) is 0 Å². The van der Waals surface area contributed by atoms with Crippen molar-refractivity contribution in [2.24, 2.45) is 5.92 Å². The zero-order chi connectivity index (χ0) is 18.5. The van der Waals surface area contributed by atoms with Crippen molar-refractivity contribution in [3.8, 4) is 11.5 Å². The number of carboxylic acids is 1. The minimum absolute atomic E-state index is 0.115. The fourth-order valence-electron chi connectivity index (χ4n) is 3.54. The van der Waals surface area contributed by atoms with E-state index in [4.69, 9.17) is 9.47 Å². The lowest BCUT2D eigenvalue weighted by atomic mass is 9.92. The van der Waals surface area contributed by atoms with Crippen LogP contribution >= 0.6 is 0 Å². The van der Waals surface area contributed by atoms with Gasteiger partial charge >= 0.3 is 5.97 Å². The molecule has 0 amide bonds. The van der Waals surface area contributed by atoms with Crippen molar-refractivity contribution < 1.29 is 19.4 Å². The number of carboxylic acid groups (broad SMARTS) is 1. The summed E-state index contributed by atoms with van der Waals surface area (Å²) in [6, 6.07) is 11.5. The van der Waals surface area contributed by atoms with Crippen molar-refractivity contribution in [3.63, 3.8) is 0 Å². The van der Waals surface area contributed by atoms with Gasteiger partial charge in [0.2, 0.25) is 0 Å². The molecule has 0 saturated carbocycles. The van der Waals surface area contributed by atoms with Gasteiger partial charge in [-0.15, -0.1) is 0 Å². The van der Waals surface area contributed by atoms with E-state index in [1.807, 2.05) is 36.4 Å². The molecule has 0 spiro atoms. The van der Waals surface area contributed by atoms with Crippen LogP contribution in [0.3, 0.4) is 0 Å². The van der Waals surface area contributed by atoms with E-state index in [-0.39, 0.29) is 12.0 Å². The number of hydrogen-bond acceptors (Lipinski definition) is 5. The number of methoxy groups -OCH3 is 2. The predicted molar refractivity (Wildman–Crippen MR) is 97.6 cm³/mol. The average molecular weight is 356 g/mol. The summed E-state index contributed by atoms with van der Waals surface area (Å²) in [6.45, 7) is 1.39. The van der Waals surface area contributed by atoms with E-state index in [1.54, 1.807) is 20.4 Å². The van der Waals surface area contributed by atoms with E-state index >= 15 is 0 Å². The molecule has 1 fully saturated rings. The number of benzene rings is 1. The molecule has 1 aliphatic heterocycles. The first-order valence-electron chi connectivity index (χ1n) is 8.73. The lowest BCUT2D eigenvalue weighted by Gasteiger charge is -2.37. The largest absolute Gasteiger partial charge is 0.497 e. The minimum Gasteiger partial charge on any atom is -0.497 e. The first kappa shape index (κ1) is 18.2. The molecular weight excluding hydrogens is 332 g/mol. The summed E-state index contributed by atoms with van der Waals surface area (Å²) in [7, 11) is 3.29. The van der Waals surface area contributed by atoms with Gasteiger partial charge in [-0.05, 0) is 56.3 Å². The lowest BCUT2D eigenvalue weighted by Crippen LogP contribution is -2.39. The second kappa shape index (κ2) is 8.19. The Balaban J connectivity index is 1.99. The Kier molecular flexibility index (Phi) is 5.73. The number of rotatable bonds is 6. The second-order valence-corrected chi connectivity index (χ2v) is 6.41. The molecule has 2 aromatic rings. The second-order valence-electron chi connectivity index (χ2n) is 6.41. The summed E-state index contributed by atoms with van der Waals surface area (Å²) in [4.78, 5) is 18.1. The molecular formula is C20H24N2O4. The standard InChI is InChI=1S/C20H24N2O4/c1-25-15-6-7-18(26-2)16(13-15)19(17-5-3-4-10-21-17)22-11-8-14(9-12-22)20(23)24/h3-7,10,13-14,19H,8-9,11-12H2,1-2H3,(H,23,24). The molecule has 6 heteroatoms. The van der Waals surface area contributed by atoms with E-state index in [2.05, 4.69) is 9.88 Å². The Bertz CT molecular complexity index is 743. The van der Waals surface area contributed by atoms with Gasteiger partial charge in [-0.1, -0.05) is 6.07 Å². The maximum atomic E-state index is 11.3. The number of carbonyl (C=O) groups is 1. The van der Waals surface area contributed by atoms with E-state index in [0.29, 0.717) is 25.9 Å². The molecule has 0 radical (unpaired) electrons. The highest BCUT2D eigenvalue weighted by atomic mass is 16.5. The highest BCUT2D eigenvalue weighted by Crippen LogP contribution is 2.38. The van der Waals surface area contributed by atoms with Crippen LogP contribution in [0.5, 0.6) is 11.5 Å². The van der Waals surface area contributed by atoms with Crippen molar-refractivity contribution >= 4 is 5.97 Å². The Morgan fingerprint density at radius 2 is 1.96 bits per heavy atom. The summed E-state index contributed by atoms with van der Waals surface area (Å²) in [5.41, 5.74) is 1.88. The molecule has 1 atom stereocenters. The van der Waals surface area contributed by atoms with Crippen LogP contribution < -0.4 is 9.47 Å². The molecule has 0 aliphatic carbocycles. The number of piperidine rings is 1. The molecule has 0 bridgehead atoms. The van der Waals surface area contributed by atoms with Gasteiger partial charge in [0.05, 0.1) is 31.9 Å². The smallest absolute Gasteiger partial charge is 0.306 e. The average Bonchev–Trinajstić information content (AvgIpc) is 2.69. The van der Waals surface area contributed by atoms with Crippen LogP contribution in [0.15, 0.2) is 42.6 Å². The van der Waals surface area contributed by atoms with Crippen molar-refractivity contribution in [2.45, 2.75) is 18.9 Å². The van der Waals surface area contributed by atoms with Gasteiger partial charge in [0.15, 0.2) is 0 Å². The van der Waals surface area contributed by atoms with Gasteiger partial charge in [0.1, 0.15) is 11.5 Å². The number of nitrogens with zero attached hydrogens (tertiary/aromatic N) is 2. The quantitative estimate of drug-likeness (QED) is 0.858. The third-order valence-corrected chi connectivity index (χ3v) is 4.94. The summed E-state index contributed by atoms with van der Waals surface area (Å²) >= 11 is 0. The maximum Gasteiger partial charge on any atom is 0.306 e. The van der Waals surface area contributed by atoms with Crippen LogP contribution in [-0.2, 0) is 4.79 Å². The van der Waals surface area contributed by atoms with E-state index < -0.39 is 5.97 Å². The molecule has 3 rings (SSSR count). The van der Waals surface area contributed by atoms with Crippen LogP contribution in [0.4, 0.5) is 0 Å². The third kappa shape index (κ3) is 3.80. The van der Waals surface area contributed by atoms with E-state index in [1.165, 1.54) is 0 Å². The summed E-state index contributed by atoms with van der Waals surface area (Å²) < 4.78 is 11.0. The predicted octanol–water partition coefficient (Wildman–Crippen LogP) is 2.98. The fraction of sp³-hybridized carbons (Fsp3) is 0.400. The monoisotopic (exact) mass is 356 g/mol. The SMILES string of the molecule is COc1ccc(OC)c(C(c2ccccn2)N2CCC(C(=O)O)CC2)c1. The molecule has 6 nitrogen and oxygen atoms in total. The number of hydrogen-bond donors (Lipinski definition) is 1. The van der Waals surface area contributed by atoms with Crippen LogP contribution in [0, 0.1) is 5.92 Å². The highest BCUT2D eigenvalue weighted by Gasteiger charge is 2.32. The normalized spacial score (nSPS) is 16.8. The van der Waals surface area contributed by atoms with Crippen LogP contribution in [0.1, 0.15) is 30.1 Å². The van der Waals surface area contributed by atoms with Crippen molar-refractivity contribution in [2.75, 3.05) is 27.3 Å². The topological polar surface area (TPSA) is 71.9 Å². The molecule has 138 valence electrons. The summed E-state index contributed by atoms with van der Waals surface area (Å²) in [6.07, 6.45) is 3.04. The molecule has 1 aromatic heterocycles. The number of aromatic nitrogens is 1. The van der Waals surface area contributed by atoms with Gasteiger partial charge in [0, 0.05) is 11.8 Å². The van der Waals surface area contributed by atoms with Crippen molar-refractivity contribution in [3.05, 3.63) is 53.9 Å². The molecule has 1 aliphatic rings. The molecule has 26 heavy (non-hydrogen) atoms. The number of likely N-dealkylation sites (tertiary alicyclic amines) is 1. The van der Waals surface area contributed by atoms with Crippen LogP contribution in [0.2, 0.25) is 0 Å². The minimum atomic E-state index is -0.710. The van der Waals surface area contributed by atoms with Gasteiger partial charge < -0.3 is 14.6 Å². The summed E-state index contributed by atoms with van der Waals surface area (Å²) in [5, 5.41) is 9.28. The first-order chi connectivity index (χ1) is 12.6. The molecule has 2 heterocycles. The van der Waals surface area contributed by atoms with Gasteiger partial charge in [0.25, 0.3) is 0 Å².